The summed E-state index contributed by atoms with van der Waals surface area (Å²) in [4.78, 5) is 21.8. The van der Waals surface area contributed by atoms with E-state index in [-0.39, 0.29) is 18.1 Å². The molecule has 0 bridgehead atoms. The number of carbonyl (C=O) groups is 2. The Bertz CT molecular complexity index is 363. The van der Waals surface area contributed by atoms with Crippen molar-refractivity contribution in [3.63, 3.8) is 0 Å². The van der Waals surface area contributed by atoms with Crippen molar-refractivity contribution in [1.82, 2.24) is 0 Å². The van der Waals surface area contributed by atoms with Gasteiger partial charge in [0.1, 0.15) is 0 Å². The second-order valence-corrected chi connectivity index (χ2v) is 3.17. The normalized spacial score (nSPS) is 9.79. The van der Waals surface area contributed by atoms with E-state index in [9.17, 15) is 9.59 Å². The standard InChI is InChI=1S/C10H10ClNO2/c11-6-9(13)8-3-1-2-7(4-8)5-10(12)14/h1-4H,5-6H2,(H2,12,14). The van der Waals surface area contributed by atoms with Gasteiger partial charge in [-0.3, -0.25) is 9.59 Å². The number of carbonyl (C=O) groups excluding carboxylic acids is 2. The Morgan fingerprint density at radius 3 is 2.64 bits per heavy atom. The molecule has 3 nitrogen and oxygen atoms in total. The lowest BCUT2D eigenvalue weighted by atomic mass is 10.1. The minimum absolute atomic E-state index is 0.0555. The van der Waals surface area contributed by atoms with E-state index in [1.54, 1.807) is 24.3 Å². The van der Waals surface area contributed by atoms with Crippen molar-refractivity contribution in [3.05, 3.63) is 35.4 Å². The summed E-state index contributed by atoms with van der Waals surface area (Å²) in [5.41, 5.74) is 6.28. The Morgan fingerprint density at radius 2 is 2.07 bits per heavy atom. The van der Waals surface area contributed by atoms with E-state index >= 15 is 0 Å². The quantitative estimate of drug-likeness (QED) is 0.600. The summed E-state index contributed by atoms with van der Waals surface area (Å²) in [6.07, 6.45) is 0.142. The number of nitrogens with two attached hydrogens (primary N) is 1. The zero-order valence-corrected chi connectivity index (χ0v) is 8.25. The Balaban J connectivity index is 2.89. The zero-order chi connectivity index (χ0) is 10.6. The average Bonchev–Trinajstić information content (AvgIpc) is 2.16. The highest BCUT2D eigenvalue weighted by atomic mass is 35.5. The summed E-state index contributed by atoms with van der Waals surface area (Å²) in [6, 6.07) is 6.75. The molecule has 0 atom stereocenters. The number of Topliss-reactive ketones (excluding diaryl/α,β-unsaturated/α-hetero) is 1. The van der Waals surface area contributed by atoms with Gasteiger partial charge in [0.05, 0.1) is 12.3 Å². The monoisotopic (exact) mass is 211 g/mol. The highest BCUT2D eigenvalue weighted by Crippen LogP contribution is 2.07. The number of halogens is 1. The van der Waals surface area contributed by atoms with Crippen LogP contribution in [0.5, 0.6) is 0 Å². The molecular weight excluding hydrogens is 202 g/mol. The molecule has 0 heterocycles. The molecule has 1 rings (SSSR count). The first-order valence-electron chi connectivity index (χ1n) is 4.10. The molecule has 0 aliphatic carbocycles. The van der Waals surface area contributed by atoms with E-state index in [0.717, 1.165) is 5.56 Å². The van der Waals surface area contributed by atoms with Gasteiger partial charge in [-0.05, 0) is 11.6 Å². The summed E-state index contributed by atoms with van der Waals surface area (Å²) in [5.74, 6) is -0.626. The predicted molar refractivity (Wildman–Crippen MR) is 54.4 cm³/mol. The summed E-state index contributed by atoms with van der Waals surface area (Å²) >= 11 is 5.40. The molecule has 1 aromatic rings. The van der Waals surface area contributed by atoms with E-state index in [0.29, 0.717) is 5.56 Å². The molecule has 0 spiro atoms. The molecule has 0 saturated carbocycles. The molecule has 0 radical (unpaired) electrons. The summed E-state index contributed by atoms with van der Waals surface area (Å²) in [6.45, 7) is 0. The molecule has 1 aromatic carbocycles. The number of hydrogen-bond acceptors (Lipinski definition) is 2. The molecule has 14 heavy (non-hydrogen) atoms. The number of rotatable bonds is 4. The van der Waals surface area contributed by atoms with Crippen molar-refractivity contribution >= 4 is 23.3 Å². The molecule has 2 N–H and O–H groups in total. The molecule has 1 amide bonds. The van der Waals surface area contributed by atoms with E-state index in [4.69, 9.17) is 17.3 Å². The van der Waals surface area contributed by atoms with Gasteiger partial charge in [0.25, 0.3) is 0 Å². The van der Waals surface area contributed by atoms with Crippen LogP contribution in [0.25, 0.3) is 0 Å². The van der Waals surface area contributed by atoms with Gasteiger partial charge in [0.15, 0.2) is 5.78 Å². The lowest BCUT2D eigenvalue weighted by Gasteiger charge is -2.00. The molecule has 0 aromatic heterocycles. The Morgan fingerprint density at radius 1 is 1.36 bits per heavy atom. The summed E-state index contributed by atoms with van der Waals surface area (Å²) < 4.78 is 0. The maximum absolute atomic E-state index is 11.2. The molecule has 0 aliphatic rings. The number of amides is 1. The van der Waals surface area contributed by atoms with Gasteiger partial charge in [-0.1, -0.05) is 18.2 Å². The van der Waals surface area contributed by atoms with E-state index in [1.807, 2.05) is 0 Å². The van der Waals surface area contributed by atoms with Gasteiger partial charge in [-0.25, -0.2) is 0 Å². The smallest absolute Gasteiger partial charge is 0.221 e. The number of alkyl halides is 1. The minimum Gasteiger partial charge on any atom is -0.369 e. The van der Waals surface area contributed by atoms with Gasteiger partial charge in [0.2, 0.25) is 5.91 Å². The van der Waals surface area contributed by atoms with Crippen LogP contribution < -0.4 is 5.73 Å². The van der Waals surface area contributed by atoms with Crippen LogP contribution in [0.4, 0.5) is 0 Å². The summed E-state index contributed by atoms with van der Waals surface area (Å²) in [7, 11) is 0. The third kappa shape index (κ3) is 2.85. The second kappa shape index (κ2) is 4.77. The molecule has 74 valence electrons. The SMILES string of the molecule is NC(=O)Cc1cccc(C(=O)CCl)c1. The summed E-state index contributed by atoms with van der Waals surface area (Å²) in [5, 5.41) is 0. The number of ketones is 1. The van der Waals surface area contributed by atoms with Crippen LogP contribution in [0.3, 0.4) is 0 Å². The Kier molecular flexibility index (Phi) is 3.65. The molecule has 0 fully saturated rings. The average molecular weight is 212 g/mol. The Labute approximate surface area is 86.9 Å². The molecule has 0 unspecified atom stereocenters. The molecule has 4 heteroatoms. The van der Waals surface area contributed by atoms with Crippen LogP contribution in [0, 0.1) is 0 Å². The van der Waals surface area contributed by atoms with E-state index in [1.165, 1.54) is 0 Å². The van der Waals surface area contributed by atoms with Crippen LogP contribution >= 0.6 is 11.6 Å². The van der Waals surface area contributed by atoms with Crippen molar-refractivity contribution in [1.29, 1.82) is 0 Å². The lowest BCUT2D eigenvalue weighted by molar-refractivity contribution is -0.117. The van der Waals surface area contributed by atoms with Crippen molar-refractivity contribution in [2.45, 2.75) is 6.42 Å². The minimum atomic E-state index is -0.416. The van der Waals surface area contributed by atoms with Crippen molar-refractivity contribution in [2.24, 2.45) is 5.73 Å². The second-order valence-electron chi connectivity index (χ2n) is 2.90. The van der Waals surface area contributed by atoms with Crippen LogP contribution in [0.2, 0.25) is 0 Å². The predicted octanol–water partition coefficient (Wildman–Crippen LogP) is 1.14. The number of hydrogen-bond donors (Lipinski definition) is 1. The molecule has 0 saturated heterocycles. The number of primary amides is 1. The fraction of sp³-hybridized carbons (Fsp3) is 0.200. The van der Waals surface area contributed by atoms with Crippen LogP contribution in [-0.4, -0.2) is 17.6 Å². The fourth-order valence-corrected chi connectivity index (χ4v) is 1.29. The first-order chi connectivity index (χ1) is 6.63. The Hall–Kier alpha value is -1.35. The fourth-order valence-electron chi connectivity index (χ4n) is 1.13. The molecular formula is C10H10ClNO2. The lowest BCUT2D eigenvalue weighted by Crippen LogP contribution is -2.14. The van der Waals surface area contributed by atoms with Gasteiger partial charge in [-0.2, -0.15) is 0 Å². The van der Waals surface area contributed by atoms with Crippen molar-refractivity contribution < 1.29 is 9.59 Å². The topological polar surface area (TPSA) is 60.2 Å². The van der Waals surface area contributed by atoms with Crippen LogP contribution in [-0.2, 0) is 11.2 Å². The zero-order valence-electron chi connectivity index (χ0n) is 7.50. The highest BCUT2D eigenvalue weighted by molar-refractivity contribution is 6.30. The van der Waals surface area contributed by atoms with Gasteiger partial charge < -0.3 is 5.73 Å². The third-order valence-corrected chi connectivity index (χ3v) is 1.99. The maximum Gasteiger partial charge on any atom is 0.221 e. The van der Waals surface area contributed by atoms with Crippen molar-refractivity contribution in [3.8, 4) is 0 Å². The van der Waals surface area contributed by atoms with E-state index in [2.05, 4.69) is 0 Å². The molecule has 0 aliphatic heterocycles. The highest BCUT2D eigenvalue weighted by Gasteiger charge is 2.05. The van der Waals surface area contributed by atoms with Gasteiger partial charge in [-0.15, -0.1) is 11.6 Å². The first kappa shape index (κ1) is 10.7. The largest absolute Gasteiger partial charge is 0.369 e. The third-order valence-electron chi connectivity index (χ3n) is 1.75. The van der Waals surface area contributed by atoms with Gasteiger partial charge in [0, 0.05) is 5.56 Å². The number of benzene rings is 1. The van der Waals surface area contributed by atoms with E-state index < -0.39 is 5.91 Å². The first-order valence-corrected chi connectivity index (χ1v) is 4.63. The van der Waals surface area contributed by atoms with Crippen LogP contribution in [0.1, 0.15) is 15.9 Å². The maximum atomic E-state index is 11.2. The van der Waals surface area contributed by atoms with Crippen LogP contribution in [0.15, 0.2) is 24.3 Å². The van der Waals surface area contributed by atoms with Gasteiger partial charge >= 0.3 is 0 Å². The van der Waals surface area contributed by atoms with Crippen molar-refractivity contribution in [2.75, 3.05) is 5.88 Å².